The van der Waals surface area contributed by atoms with Crippen molar-refractivity contribution in [1.29, 1.82) is 0 Å². The molecule has 6 nitrogen and oxygen atoms in total. The summed E-state index contributed by atoms with van der Waals surface area (Å²) in [5.74, 6) is 0.360. The van der Waals surface area contributed by atoms with Crippen LogP contribution in [0, 0.1) is 0 Å². The van der Waals surface area contributed by atoms with Crippen LogP contribution in [0.5, 0.6) is 0 Å². The molecular formula is C24H23F4N5O. The van der Waals surface area contributed by atoms with Crippen LogP contribution in [0.15, 0.2) is 42.7 Å². The highest BCUT2D eigenvalue weighted by molar-refractivity contribution is 6.10. The first kappa shape index (κ1) is 22.5. The Kier molecular flexibility index (Phi) is 5.63. The van der Waals surface area contributed by atoms with Gasteiger partial charge in [-0.05, 0) is 47.4 Å². The minimum atomic E-state index is -4.59. The fourth-order valence-electron chi connectivity index (χ4n) is 4.58. The summed E-state index contributed by atoms with van der Waals surface area (Å²) in [5.41, 5.74) is 1.11. The van der Waals surface area contributed by atoms with Crippen LogP contribution in [0.25, 0.3) is 0 Å². The van der Waals surface area contributed by atoms with E-state index in [1.807, 2.05) is 23.7 Å². The van der Waals surface area contributed by atoms with E-state index in [1.165, 1.54) is 11.0 Å². The molecule has 0 bridgehead atoms. The molecule has 178 valence electrons. The van der Waals surface area contributed by atoms with Crippen LogP contribution < -0.4 is 4.90 Å². The molecule has 1 saturated heterocycles. The average molecular weight is 473 g/mol. The number of fused-ring (bicyclic) bond motifs is 1. The summed E-state index contributed by atoms with van der Waals surface area (Å²) >= 11 is 0. The van der Waals surface area contributed by atoms with Crippen LogP contribution in [0.1, 0.15) is 38.4 Å². The number of carbonyl (C=O) groups excluding carboxylic acids is 1. The number of halogens is 4. The topological polar surface area (TPSA) is 54.3 Å². The van der Waals surface area contributed by atoms with Gasteiger partial charge in [0.05, 0.1) is 12.1 Å². The Morgan fingerprint density at radius 2 is 1.88 bits per heavy atom. The molecule has 0 aliphatic carbocycles. The number of amides is 1. The Morgan fingerprint density at radius 1 is 1.09 bits per heavy atom. The SMILES string of the molecule is Cn1cnnc1CCc1cccc(N2Cc3c(cc(CN4CC(F)C4)cc3C(F)(F)F)C2=O)c1. The number of carbonyl (C=O) groups is 1. The Balaban J connectivity index is 1.40. The lowest BCUT2D eigenvalue weighted by atomic mass is 9.98. The second kappa shape index (κ2) is 8.50. The molecule has 2 aliphatic rings. The fraction of sp³-hybridized carbons (Fsp3) is 0.375. The first-order chi connectivity index (χ1) is 16.2. The summed E-state index contributed by atoms with van der Waals surface area (Å²) in [4.78, 5) is 16.3. The van der Waals surface area contributed by atoms with E-state index in [-0.39, 0.29) is 37.3 Å². The summed E-state index contributed by atoms with van der Waals surface area (Å²) < 4.78 is 56.7. The molecular weight excluding hydrogens is 450 g/mol. The molecule has 0 spiro atoms. The van der Waals surface area contributed by atoms with E-state index in [0.29, 0.717) is 24.1 Å². The van der Waals surface area contributed by atoms with Crippen molar-refractivity contribution >= 4 is 11.6 Å². The van der Waals surface area contributed by atoms with Crippen LogP contribution >= 0.6 is 0 Å². The lowest BCUT2D eigenvalue weighted by molar-refractivity contribution is -0.138. The maximum atomic E-state index is 13.9. The number of hydrogen-bond acceptors (Lipinski definition) is 4. The minimum absolute atomic E-state index is 0.0160. The Morgan fingerprint density at radius 3 is 2.56 bits per heavy atom. The van der Waals surface area contributed by atoms with Crippen molar-refractivity contribution in [3.05, 3.63) is 76.4 Å². The molecule has 1 amide bonds. The van der Waals surface area contributed by atoms with Gasteiger partial charge in [-0.3, -0.25) is 9.69 Å². The van der Waals surface area contributed by atoms with E-state index in [9.17, 15) is 22.4 Å². The first-order valence-corrected chi connectivity index (χ1v) is 11.0. The van der Waals surface area contributed by atoms with Gasteiger partial charge in [0.15, 0.2) is 0 Å². The summed E-state index contributed by atoms with van der Waals surface area (Å²) in [6.45, 7) is 0.424. The van der Waals surface area contributed by atoms with Crippen LogP contribution in [0.2, 0.25) is 0 Å². The molecule has 2 aromatic carbocycles. The Bertz CT molecular complexity index is 1230. The molecule has 1 aromatic heterocycles. The van der Waals surface area contributed by atoms with Crippen LogP contribution in [0.4, 0.5) is 23.2 Å². The zero-order valence-corrected chi connectivity index (χ0v) is 18.5. The summed E-state index contributed by atoms with van der Waals surface area (Å²) in [6, 6.07) is 9.89. The quantitative estimate of drug-likeness (QED) is 0.509. The van der Waals surface area contributed by atoms with E-state index < -0.39 is 23.8 Å². The monoisotopic (exact) mass is 473 g/mol. The van der Waals surface area contributed by atoms with Crippen LogP contribution in [-0.4, -0.2) is 44.8 Å². The molecule has 34 heavy (non-hydrogen) atoms. The number of aryl methyl sites for hydroxylation is 3. The highest BCUT2D eigenvalue weighted by atomic mass is 19.4. The fourth-order valence-corrected chi connectivity index (χ4v) is 4.58. The van der Waals surface area contributed by atoms with Crippen LogP contribution in [-0.2, 0) is 39.2 Å². The van der Waals surface area contributed by atoms with Gasteiger partial charge in [0.25, 0.3) is 5.91 Å². The largest absolute Gasteiger partial charge is 0.416 e. The third-order valence-corrected chi connectivity index (χ3v) is 6.39. The number of likely N-dealkylation sites (tertiary alicyclic amines) is 1. The Hall–Kier alpha value is -3.27. The normalized spacial score (nSPS) is 16.7. The predicted molar refractivity (Wildman–Crippen MR) is 117 cm³/mol. The highest BCUT2D eigenvalue weighted by Gasteiger charge is 2.41. The van der Waals surface area contributed by atoms with Gasteiger partial charge in [-0.15, -0.1) is 10.2 Å². The van der Waals surface area contributed by atoms with Crippen molar-refractivity contribution in [2.45, 2.75) is 38.3 Å². The third-order valence-electron chi connectivity index (χ3n) is 6.39. The maximum Gasteiger partial charge on any atom is 0.416 e. The number of nitrogens with zero attached hydrogens (tertiary/aromatic N) is 5. The van der Waals surface area contributed by atoms with Crippen molar-refractivity contribution in [2.75, 3.05) is 18.0 Å². The van der Waals surface area contributed by atoms with Crippen molar-refractivity contribution < 1.29 is 22.4 Å². The van der Waals surface area contributed by atoms with Gasteiger partial charge in [0.1, 0.15) is 18.3 Å². The summed E-state index contributed by atoms with van der Waals surface area (Å²) in [7, 11) is 1.86. The zero-order chi connectivity index (χ0) is 24.0. The molecule has 0 N–H and O–H groups in total. The number of hydrogen-bond donors (Lipinski definition) is 0. The molecule has 10 heteroatoms. The smallest absolute Gasteiger partial charge is 0.321 e. The maximum absolute atomic E-state index is 13.9. The van der Waals surface area contributed by atoms with E-state index in [1.54, 1.807) is 23.4 Å². The summed E-state index contributed by atoms with van der Waals surface area (Å²) in [5, 5.41) is 7.92. The van der Waals surface area contributed by atoms with E-state index in [0.717, 1.165) is 17.5 Å². The van der Waals surface area contributed by atoms with E-state index in [2.05, 4.69) is 10.2 Å². The van der Waals surface area contributed by atoms with Gasteiger partial charge in [0, 0.05) is 44.4 Å². The Labute approximate surface area is 193 Å². The molecule has 0 unspecified atom stereocenters. The number of benzene rings is 2. The van der Waals surface area contributed by atoms with Crippen molar-refractivity contribution in [1.82, 2.24) is 19.7 Å². The lowest BCUT2D eigenvalue weighted by Gasteiger charge is -2.34. The molecule has 0 atom stereocenters. The molecule has 5 rings (SSSR count). The minimum Gasteiger partial charge on any atom is -0.321 e. The van der Waals surface area contributed by atoms with Crippen molar-refractivity contribution in [3.63, 3.8) is 0 Å². The zero-order valence-electron chi connectivity index (χ0n) is 18.5. The molecule has 3 heterocycles. The van der Waals surface area contributed by atoms with Gasteiger partial charge in [-0.1, -0.05) is 12.1 Å². The lowest BCUT2D eigenvalue weighted by Crippen LogP contribution is -2.47. The van der Waals surface area contributed by atoms with Gasteiger partial charge < -0.3 is 9.47 Å². The second-order valence-corrected chi connectivity index (χ2v) is 8.88. The first-order valence-electron chi connectivity index (χ1n) is 11.0. The molecule has 3 aromatic rings. The van der Waals surface area contributed by atoms with Crippen molar-refractivity contribution in [2.24, 2.45) is 7.05 Å². The van der Waals surface area contributed by atoms with Gasteiger partial charge in [0.2, 0.25) is 0 Å². The van der Waals surface area contributed by atoms with Gasteiger partial charge >= 0.3 is 6.18 Å². The number of rotatable bonds is 6. The van der Waals surface area contributed by atoms with E-state index >= 15 is 0 Å². The third kappa shape index (κ3) is 4.29. The second-order valence-electron chi connectivity index (χ2n) is 8.88. The summed E-state index contributed by atoms with van der Waals surface area (Å²) in [6.07, 6.45) is -2.62. The van der Waals surface area contributed by atoms with Gasteiger partial charge in [-0.2, -0.15) is 13.2 Å². The number of anilines is 1. The molecule has 1 fully saturated rings. The van der Waals surface area contributed by atoms with Crippen molar-refractivity contribution in [3.8, 4) is 0 Å². The molecule has 0 saturated carbocycles. The highest BCUT2D eigenvalue weighted by Crippen LogP contribution is 2.40. The van der Waals surface area contributed by atoms with Gasteiger partial charge in [-0.25, -0.2) is 4.39 Å². The number of aromatic nitrogens is 3. The number of alkyl halides is 4. The molecule has 0 radical (unpaired) electrons. The average Bonchev–Trinajstić information content (AvgIpc) is 3.33. The standard InChI is InChI=1S/C24H23F4N5O/c1-31-14-29-30-22(31)6-5-15-3-2-4-18(7-15)33-13-20-19(23(33)34)8-16(9-21(20)24(26,27)28)10-32-11-17(25)12-32/h2-4,7-9,14,17H,5-6,10-13H2,1H3. The van der Waals surface area contributed by atoms with Crippen LogP contribution in [0.3, 0.4) is 0 Å². The van der Waals surface area contributed by atoms with E-state index in [4.69, 9.17) is 0 Å². The molecule has 2 aliphatic heterocycles. The predicted octanol–water partition coefficient (Wildman–Crippen LogP) is 3.93.